The van der Waals surface area contributed by atoms with Crippen molar-refractivity contribution in [3.8, 4) is 0 Å². The van der Waals surface area contributed by atoms with Crippen molar-refractivity contribution >= 4 is 40.3 Å². The molecule has 302 valence electrons. The molecule has 2 aromatic heterocycles. The third-order valence-corrected chi connectivity index (χ3v) is 11.2. The van der Waals surface area contributed by atoms with Crippen LogP contribution in [-0.2, 0) is 52.9 Å². The zero-order valence-corrected chi connectivity index (χ0v) is 33.5. The first-order valence-corrected chi connectivity index (χ1v) is 19.3. The number of nitrogens with zero attached hydrogens (tertiary/aromatic N) is 4. The van der Waals surface area contributed by atoms with Crippen molar-refractivity contribution in [2.75, 3.05) is 25.6 Å². The number of fused-ring (bicyclic) bond motifs is 6. The number of rotatable bonds is 9. The van der Waals surface area contributed by atoms with Crippen LogP contribution in [0.15, 0.2) is 110 Å². The zero-order valence-electron chi connectivity index (χ0n) is 33.5. The maximum Gasteiger partial charge on any atom is 0.346 e. The Hall–Kier alpha value is -6.31. The number of allylic oxidation sites excluding steroid dienone is 4. The molecular weight excluding hydrogens is 743 g/mol. The summed E-state index contributed by atoms with van der Waals surface area (Å²) in [6, 6.07) is 6.80. The molecule has 1 saturated heterocycles. The molecule has 2 aliphatic carbocycles. The van der Waals surface area contributed by atoms with Crippen molar-refractivity contribution in [2.45, 2.75) is 78.2 Å². The van der Waals surface area contributed by atoms with Gasteiger partial charge in [0.15, 0.2) is 5.60 Å². The minimum atomic E-state index is -1.40. The molecule has 0 unspecified atom stereocenters. The van der Waals surface area contributed by atoms with Crippen molar-refractivity contribution in [2.24, 2.45) is 11.3 Å². The Bertz CT molecular complexity index is 2450. The van der Waals surface area contributed by atoms with Gasteiger partial charge in [-0.05, 0) is 62.1 Å². The Labute approximate surface area is 335 Å². The summed E-state index contributed by atoms with van der Waals surface area (Å²) in [4.78, 5) is 67.7. The number of carbonyl (C=O) groups is 4. The molecular formula is C44H47N5O9. The average Bonchev–Trinajstić information content (AvgIpc) is 3.73. The molecule has 1 amide bonds. The van der Waals surface area contributed by atoms with Gasteiger partial charge in [0.05, 0.1) is 37.5 Å². The lowest BCUT2D eigenvalue weighted by Crippen LogP contribution is -2.53. The summed E-state index contributed by atoms with van der Waals surface area (Å²) in [5, 5.41) is 11.7. The number of Topliss-reactive ketones (excluding diaryl/α,β-unsaturated/α-hetero) is 1. The summed E-state index contributed by atoms with van der Waals surface area (Å²) < 4.78 is 24.8. The van der Waals surface area contributed by atoms with Crippen LogP contribution in [0.2, 0.25) is 0 Å². The van der Waals surface area contributed by atoms with Crippen LogP contribution < -0.4 is 15.8 Å². The quantitative estimate of drug-likeness (QED) is 0.131. The van der Waals surface area contributed by atoms with Crippen molar-refractivity contribution in [3.05, 3.63) is 123 Å². The van der Waals surface area contributed by atoms with Crippen molar-refractivity contribution in [3.63, 3.8) is 0 Å². The molecule has 0 radical (unpaired) electrons. The molecule has 1 N–H and O–H groups in total. The number of esters is 2. The monoisotopic (exact) mass is 789 g/mol. The van der Waals surface area contributed by atoms with Crippen LogP contribution in [-0.4, -0.2) is 71.0 Å². The number of nitrogens with one attached hydrogen (secondary N) is 1. The SMILES string of the molecule is CC1=C[C@]2(C)/C=C(C)\C=C/C[C@@H](OC(=O)CCn3cc(CNC(=O)Cc4cc(=O)oc5cc(N(C)C)ccc45)nn3)C=C3C=C/C(=C4\C(=O)O[C@]2(C[C@@H]1C)C4=O)OC3. The Morgan fingerprint density at radius 1 is 1.09 bits per heavy atom. The molecule has 0 saturated carbocycles. The number of aryl methyl sites for hydroxylation is 1. The van der Waals surface area contributed by atoms with Gasteiger partial charge in [-0.3, -0.25) is 19.1 Å². The fourth-order valence-corrected chi connectivity index (χ4v) is 7.98. The fourth-order valence-electron chi connectivity index (χ4n) is 7.98. The van der Waals surface area contributed by atoms with Crippen LogP contribution in [0.5, 0.6) is 0 Å². The normalized spacial score (nSPS) is 26.9. The molecule has 14 nitrogen and oxygen atoms in total. The summed E-state index contributed by atoms with van der Waals surface area (Å²) in [7, 11) is 3.77. The average molecular weight is 790 g/mol. The van der Waals surface area contributed by atoms with Crippen LogP contribution in [0.1, 0.15) is 58.2 Å². The van der Waals surface area contributed by atoms with E-state index in [2.05, 4.69) is 15.6 Å². The van der Waals surface area contributed by atoms with Gasteiger partial charge in [-0.15, -0.1) is 5.10 Å². The Kier molecular flexibility index (Phi) is 10.9. The fraction of sp³-hybridized carbons (Fsp3) is 0.386. The highest BCUT2D eigenvalue weighted by molar-refractivity contribution is 6.26. The number of hydrogen-bond donors (Lipinski definition) is 1. The second-order valence-corrected chi connectivity index (χ2v) is 15.8. The molecule has 58 heavy (non-hydrogen) atoms. The van der Waals surface area contributed by atoms with Gasteiger partial charge in [-0.25, -0.2) is 9.59 Å². The van der Waals surface area contributed by atoms with Crippen molar-refractivity contribution < 1.29 is 37.8 Å². The van der Waals surface area contributed by atoms with Crippen LogP contribution in [0.3, 0.4) is 0 Å². The Morgan fingerprint density at radius 2 is 1.90 bits per heavy atom. The van der Waals surface area contributed by atoms with Gasteiger partial charge in [-0.2, -0.15) is 0 Å². The highest BCUT2D eigenvalue weighted by Gasteiger charge is 2.64. The molecule has 4 atom stereocenters. The number of hydrogen-bond acceptors (Lipinski definition) is 12. The molecule has 5 heterocycles. The summed E-state index contributed by atoms with van der Waals surface area (Å²) in [6.45, 7) is 8.25. The first-order chi connectivity index (χ1) is 27.6. The van der Waals surface area contributed by atoms with E-state index in [1.165, 1.54) is 10.7 Å². The standard InChI is InChI=1S/C44H47N5O9/c1-26-8-7-9-33(16-29-10-13-35(55-25-29)40-41(53)44(58-42(40)54)22-28(3)27(2)21-43(44,4)20-26)56-38(51)14-15-49-24-31(46-47-49)23-45-37(50)17-30-18-39(52)57-36-19-32(48(5)6)11-12-34(30)36/h7-8,10-13,16,18-21,24,28,33H,9,14-15,17,22-23,25H2,1-6H3,(H,45,50)/b8-7-,26-20-,29-16?,40-35+/t28-,33+,43-,44+/m0/s1. The third kappa shape index (κ3) is 8.09. The summed E-state index contributed by atoms with van der Waals surface area (Å²) in [6.07, 6.45) is 14.7. The van der Waals surface area contributed by atoms with E-state index in [1.54, 1.807) is 30.5 Å². The molecule has 14 heteroatoms. The van der Waals surface area contributed by atoms with Crippen LogP contribution in [0.25, 0.3) is 11.0 Å². The van der Waals surface area contributed by atoms with Crippen molar-refractivity contribution in [1.29, 1.82) is 0 Å². The van der Waals surface area contributed by atoms with E-state index < -0.39 is 34.7 Å². The maximum atomic E-state index is 14.2. The second kappa shape index (κ2) is 15.9. The maximum absolute atomic E-state index is 14.2. The van der Waals surface area contributed by atoms with Gasteiger partial charge in [0, 0.05) is 50.1 Å². The molecule has 1 spiro atoms. The van der Waals surface area contributed by atoms with E-state index in [0.29, 0.717) is 40.6 Å². The zero-order chi connectivity index (χ0) is 41.4. The van der Waals surface area contributed by atoms with Gasteiger partial charge in [-0.1, -0.05) is 53.7 Å². The first-order valence-electron chi connectivity index (χ1n) is 19.3. The number of benzene rings is 1. The molecule has 3 aromatic rings. The highest BCUT2D eigenvalue weighted by Crippen LogP contribution is 2.53. The first kappa shape index (κ1) is 39.9. The predicted octanol–water partition coefficient (Wildman–Crippen LogP) is 5.14. The summed E-state index contributed by atoms with van der Waals surface area (Å²) in [5.41, 5.74) is 2.05. The highest BCUT2D eigenvalue weighted by atomic mass is 16.6. The molecule has 1 fully saturated rings. The van der Waals surface area contributed by atoms with Gasteiger partial charge in [0.25, 0.3) is 0 Å². The van der Waals surface area contributed by atoms with Gasteiger partial charge in [0.1, 0.15) is 35.3 Å². The molecule has 8 rings (SSSR count). The smallest absolute Gasteiger partial charge is 0.346 e. The third-order valence-electron chi connectivity index (χ3n) is 11.2. The lowest BCUT2D eigenvalue weighted by Gasteiger charge is -2.45. The molecule has 5 aliphatic rings. The number of carbonyl (C=O) groups excluding carboxylic acids is 4. The van der Waals surface area contributed by atoms with Gasteiger partial charge < -0.3 is 28.8 Å². The van der Waals surface area contributed by atoms with E-state index in [4.69, 9.17) is 18.6 Å². The number of amides is 1. The van der Waals surface area contributed by atoms with E-state index in [9.17, 15) is 24.0 Å². The van der Waals surface area contributed by atoms with E-state index in [-0.39, 0.29) is 61.5 Å². The van der Waals surface area contributed by atoms with Gasteiger partial charge >= 0.3 is 17.6 Å². The lowest BCUT2D eigenvalue weighted by atomic mass is 9.61. The molecule has 3 aliphatic heterocycles. The molecule has 4 bridgehead atoms. The van der Waals surface area contributed by atoms with Crippen LogP contribution in [0, 0.1) is 11.3 Å². The topological polar surface area (TPSA) is 172 Å². The number of ether oxygens (including phenoxy) is 3. The number of aromatic nitrogens is 3. The Balaban J connectivity index is 0.994. The van der Waals surface area contributed by atoms with Crippen molar-refractivity contribution in [1.82, 2.24) is 20.3 Å². The molecule has 1 aromatic carbocycles. The second-order valence-electron chi connectivity index (χ2n) is 15.8. The lowest BCUT2D eigenvalue weighted by molar-refractivity contribution is -0.162. The number of anilines is 1. The predicted molar refractivity (Wildman–Crippen MR) is 214 cm³/mol. The van der Waals surface area contributed by atoms with Gasteiger partial charge in [0.2, 0.25) is 11.7 Å². The van der Waals surface area contributed by atoms with E-state index in [1.807, 2.05) is 83.1 Å². The summed E-state index contributed by atoms with van der Waals surface area (Å²) in [5.74, 6) is -1.64. The Morgan fingerprint density at radius 3 is 2.66 bits per heavy atom. The largest absolute Gasteiger partial charge is 0.488 e. The minimum Gasteiger partial charge on any atom is -0.488 e. The number of ketones is 1. The summed E-state index contributed by atoms with van der Waals surface area (Å²) >= 11 is 0. The van der Waals surface area contributed by atoms with E-state index in [0.717, 1.165) is 16.8 Å². The van der Waals surface area contributed by atoms with Crippen LogP contribution in [0.4, 0.5) is 5.69 Å². The van der Waals surface area contributed by atoms with Crippen LogP contribution >= 0.6 is 0 Å². The van der Waals surface area contributed by atoms with E-state index >= 15 is 0 Å². The minimum absolute atomic E-state index is 0.00797.